The molecule has 1 aromatic carbocycles. The van der Waals surface area contributed by atoms with Gasteiger partial charge in [0.1, 0.15) is 5.75 Å². The molecule has 0 bridgehead atoms. The van der Waals surface area contributed by atoms with Crippen molar-refractivity contribution >= 4 is 15.7 Å². The molecular formula is C17H20F3NO4S. The Labute approximate surface area is 150 Å². The van der Waals surface area contributed by atoms with Crippen molar-refractivity contribution < 1.29 is 31.1 Å². The van der Waals surface area contributed by atoms with E-state index >= 15 is 0 Å². The highest BCUT2D eigenvalue weighted by molar-refractivity contribution is 7.92. The van der Waals surface area contributed by atoms with E-state index in [2.05, 4.69) is 4.74 Å². The minimum Gasteiger partial charge on any atom is -0.406 e. The lowest BCUT2D eigenvalue weighted by atomic mass is 9.63. The van der Waals surface area contributed by atoms with Crippen LogP contribution in [0.5, 0.6) is 5.75 Å². The first-order valence-electron chi connectivity index (χ1n) is 8.41. The molecule has 1 saturated carbocycles. The lowest BCUT2D eigenvalue weighted by Gasteiger charge is -2.45. The van der Waals surface area contributed by atoms with Crippen LogP contribution in [0, 0.1) is 0 Å². The van der Waals surface area contributed by atoms with E-state index in [4.69, 9.17) is 0 Å². The third kappa shape index (κ3) is 3.54. The Morgan fingerprint density at radius 3 is 2.54 bits per heavy atom. The van der Waals surface area contributed by atoms with Gasteiger partial charge in [0, 0.05) is 13.1 Å². The third-order valence-corrected chi connectivity index (χ3v) is 7.39. The SMILES string of the molecule is CC1CN(C(=O)C2(c3cccc(OC(F)(F)F)c3)CCC2)CCS1(=O)=O. The molecular weight excluding hydrogens is 371 g/mol. The molecule has 1 aliphatic carbocycles. The van der Waals surface area contributed by atoms with E-state index in [1.165, 1.54) is 23.1 Å². The molecule has 1 amide bonds. The van der Waals surface area contributed by atoms with Crippen molar-refractivity contribution in [2.24, 2.45) is 0 Å². The van der Waals surface area contributed by atoms with Crippen molar-refractivity contribution in [3.63, 3.8) is 0 Å². The topological polar surface area (TPSA) is 63.7 Å². The summed E-state index contributed by atoms with van der Waals surface area (Å²) < 4.78 is 65.1. The molecule has 0 spiro atoms. The number of rotatable bonds is 3. The molecule has 144 valence electrons. The Morgan fingerprint density at radius 1 is 1.31 bits per heavy atom. The normalized spacial score (nSPS) is 24.6. The van der Waals surface area contributed by atoms with Gasteiger partial charge >= 0.3 is 6.36 Å². The quantitative estimate of drug-likeness (QED) is 0.795. The van der Waals surface area contributed by atoms with Crippen LogP contribution in [0.2, 0.25) is 0 Å². The molecule has 0 N–H and O–H groups in total. The first kappa shape index (κ1) is 19.0. The molecule has 0 aromatic heterocycles. The minimum absolute atomic E-state index is 0.0901. The second-order valence-electron chi connectivity index (χ2n) is 6.94. The zero-order valence-corrected chi connectivity index (χ0v) is 15.1. The number of hydrogen-bond acceptors (Lipinski definition) is 4. The molecule has 1 unspecified atom stereocenters. The maximum atomic E-state index is 13.1. The van der Waals surface area contributed by atoms with Crippen LogP contribution in [0.3, 0.4) is 0 Å². The summed E-state index contributed by atoms with van der Waals surface area (Å²) in [6.07, 6.45) is -2.96. The third-order valence-electron chi connectivity index (χ3n) is 5.26. The van der Waals surface area contributed by atoms with Crippen molar-refractivity contribution in [1.29, 1.82) is 0 Å². The van der Waals surface area contributed by atoms with Crippen LogP contribution in [0.4, 0.5) is 13.2 Å². The average molecular weight is 391 g/mol. The van der Waals surface area contributed by atoms with E-state index in [9.17, 15) is 26.4 Å². The Kier molecular flexibility index (Phi) is 4.71. The average Bonchev–Trinajstić information content (AvgIpc) is 2.47. The summed E-state index contributed by atoms with van der Waals surface area (Å²) in [5.41, 5.74) is -0.414. The van der Waals surface area contributed by atoms with Gasteiger partial charge in [-0.05, 0) is 37.5 Å². The highest BCUT2D eigenvalue weighted by Crippen LogP contribution is 2.46. The summed E-state index contributed by atoms with van der Waals surface area (Å²) in [5, 5.41) is -0.641. The minimum atomic E-state index is -4.80. The van der Waals surface area contributed by atoms with Gasteiger partial charge in [-0.2, -0.15) is 0 Å². The smallest absolute Gasteiger partial charge is 0.406 e. The lowest BCUT2D eigenvalue weighted by molar-refractivity contribution is -0.274. The molecule has 1 saturated heterocycles. The van der Waals surface area contributed by atoms with Crippen LogP contribution in [-0.4, -0.2) is 49.7 Å². The predicted molar refractivity (Wildman–Crippen MR) is 88.5 cm³/mol. The van der Waals surface area contributed by atoms with Crippen molar-refractivity contribution in [2.75, 3.05) is 18.8 Å². The van der Waals surface area contributed by atoms with Crippen molar-refractivity contribution in [3.05, 3.63) is 29.8 Å². The lowest BCUT2D eigenvalue weighted by Crippen LogP contribution is -2.56. The molecule has 26 heavy (non-hydrogen) atoms. The van der Waals surface area contributed by atoms with E-state index in [1.54, 1.807) is 13.0 Å². The maximum Gasteiger partial charge on any atom is 0.573 e. The molecule has 1 aliphatic heterocycles. The fraction of sp³-hybridized carbons (Fsp3) is 0.588. The number of sulfone groups is 1. The van der Waals surface area contributed by atoms with Crippen LogP contribution >= 0.6 is 0 Å². The number of alkyl halides is 3. The molecule has 2 aliphatic rings. The number of nitrogens with zero attached hydrogens (tertiary/aromatic N) is 1. The summed E-state index contributed by atoms with van der Waals surface area (Å²) in [5.74, 6) is -0.661. The van der Waals surface area contributed by atoms with Gasteiger partial charge in [0.05, 0.1) is 16.4 Å². The molecule has 5 nitrogen and oxygen atoms in total. The predicted octanol–water partition coefficient (Wildman–Crippen LogP) is 2.65. The Balaban J connectivity index is 1.85. The number of hydrogen-bond donors (Lipinski definition) is 0. The summed E-state index contributed by atoms with van der Waals surface area (Å²) in [6, 6.07) is 5.52. The van der Waals surface area contributed by atoms with Crippen molar-refractivity contribution in [1.82, 2.24) is 4.90 Å². The van der Waals surface area contributed by atoms with Gasteiger partial charge in [-0.25, -0.2) is 8.42 Å². The molecule has 2 fully saturated rings. The van der Waals surface area contributed by atoms with Crippen LogP contribution < -0.4 is 4.74 Å². The molecule has 9 heteroatoms. The molecule has 3 rings (SSSR count). The summed E-state index contributed by atoms with van der Waals surface area (Å²) in [4.78, 5) is 14.7. The monoisotopic (exact) mass is 391 g/mol. The fourth-order valence-corrected chi connectivity index (χ4v) is 4.87. The fourth-order valence-electron chi connectivity index (χ4n) is 3.59. The second-order valence-corrected chi connectivity index (χ2v) is 9.48. The number of ether oxygens (including phenoxy) is 1. The van der Waals surface area contributed by atoms with Crippen molar-refractivity contribution in [2.45, 2.75) is 43.2 Å². The first-order chi connectivity index (χ1) is 12.0. The van der Waals surface area contributed by atoms with Gasteiger partial charge < -0.3 is 9.64 Å². The van der Waals surface area contributed by atoms with Gasteiger partial charge in [0.15, 0.2) is 9.84 Å². The second kappa shape index (κ2) is 6.44. The van der Waals surface area contributed by atoms with Crippen molar-refractivity contribution in [3.8, 4) is 5.75 Å². The first-order valence-corrected chi connectivity index (χ1v) is 10.1. The zero-order chi connectivity index (χ0) is 19.2. The Bertz CT molecular complexity index is 802. The molecule has 1 heterocycles. The van der Waals surface area contributed by atoms with E-state index < -0.39 is 26.9 Å². The van der Waals surface area contributed by atoms with Gasteiger partial charge in [-0.1, -0.05) is 18.6 Å². The van der Waals surface area contributed by atoms with Crippen LogP contribution in [-0.2, 0) is 20.0 Å². The van der Waals surface area contributed by atoms with Gasteiger partial charge in [-0.15, -0.1) is 13.2 Å². The summed E-state index contributed by atoms with van der Waals surface area (Å²) >= 11 is 0. The summed E-state index contributed by atoms with van der Waals surface area (Å²) in [7, 11) is -3.19. The zero-order valence-electron chi connectivity index (χ0n) is 14.3. The Hall–Kier alpha value is -1.77. The van der Waals surface area contributed by atoms with Crippen LogP contribution in [0.1, 0.15) is 31.7 Å². The number of amides is 1. The highest BCUT2D eigenvalue weighted by Gasteiger charge is 2.49. The van der Waals surface area contributed by atoms with E-state index in [-0.39, 0.29) is 30.5 Å². The number of carbonyl (C=O) groups excluding carboxylic acids is 1. The van der Waals surface area contributed by atoms with E-state index in [1.807, 2.05) is 0 Å². The van der Waals surface area contributed by atoms with Crippen LogP contribution in [0.15, 0.2) is 24.3 Å². The summed E-state index contributed by atoms with van der Waals surface area (Å²) in [6.45, 7) is 1.80. The highest BCUT2D eigenvalue weighted by atomic mass is 32.2. The van der Waals surface area contributed by atoms with E-state index in [0.29, 0.717) is 18.4 Å². The molecule has 0 radical (unpaired) electrons. The standard InChI is InChI=1S/C17H20F3NO4S/c1-12-11-21(8-9-26(12,23)24)15(22)16(6-3-7-16)13-4-2-5-14(10-13)25-17(18,19)20/h2,4-5,10,12H,3,6-9,11H2,1H3. The Morgan fingerprint density at radius 2 is 2.00 bits per heavy atom. The molecule has 1 atom stereocenters. The number of benzene rings is 1. The van der Waals surface area contributed by atoms with Gasteiger partial charge in [-0.3, -0.25) is 4.79 Å². The van der Waals surface area contributed by atoms with E-state index in [0.717, 1.165) is 6.42 Å². The van der Waals surface area contributed by atoms with Gasteiger partial charge in [0.25, 0.3) is 0 Å². The molecule has 1 aromatic rings. The number of carbonyl (C=O) groups is 1. The van der Waals surface area contributed by atoms with Gasteiger partial charge in [0.2, 0.25) is 5.91 Å². The number of halogens is 3. The largest absolute Gasteiger partial charge is 0.573 e. The maximum absolute atomic E-state index is 13.1. The van der Waals surface area contributed by atoms with Crippen LogP contribution in [0.25, 0.3) is 0 Å².